The van der Waals surface area contributed by atoms with Crippen molar-refractivity contribution in [2.24, 2.45) is 5.73 Å². The van der Waals surface area contributed by atoms with Crippen LogP contribution in [0.25, 0.3) is 0 Å². The second kappa shape index (κ2) is 5.14. The molecule has 92 valence electrons. The summed E-state index contributed by atoms with van der Waals surface area (Å²) >= 11 is 0. The highest BCUT2D eigenvalue weighted by atomic mass is 16.5. The summed E-state index contributed by atoms with van der Waals surface area (Å²) in [6.45, 7) is 2.90. The molecule has 1 aromatic heterocycles. The molecule has 1 amide bonds. The van der Waals surface area contributed by atoms with Gasteiger partial charge in [-0.2, -0.15) is 0 Å². The molecule has 0 saturated carbocycles. The number of carbonyl (C=O) groups is 1. The molecule has 1 saturated heterocycles. The van der Waals surface area contributed by atoms with Crippen LogP contribution < -0.4 is 11.1 Å². The van der Waals surface area contributed by atoms with Crippen LogP contribution in [0.1, 0.15) is 30.3 Å². The highest BCUT2D eigenvalue weighted by Crippen LogP contribution is 2.19. The van der Waals surface area contributed by atoms with Gasteiger partial charge in [0.2, 0.25) is 0 Å². The van der Waals surface area contributed by atoms with Gasteiger partial charge in [-0.05, 0) is 31.9 Å². The Kier molecular flexibility index (Phi) is 3.58. The van der Waals surface area contributed by atoms with Crippen LogP contribution in [0.4, 0.5) is 5.69 Å². The lowest BCUT2D eigenvalue weighted by Gasteiger charge is -2.21. The molecular formula is C12H17N3O2. The summed E-state index contributed by atoms with van der Waals surface area (Å²) in [6.07, 6.45) is 3.99. The van der Waals surface area contributed by atoms with E-state index in [1.165, 1.54) is 0 Å². The number of carbonyl (C=O) groups excluding carboxylic acids is 1. The molecule has 0 radical (unpaired) electrons. The molecule has 1 aliphatic heterocycles. The summed E-state index contributed by atoms with van der Waals surface area (Å²) in [5.41, 5.74) is 6.30. The van der Waals surface area contributed by atoms with Gasteiger partial charge in [0.25, 0.3) is 5.91 Å². The average molecular weight is 235 g/mol. The van der Waals surface area contributed by atoms with Crippen LogP contribution in [0.2, 0.25) is 0 Å². The topological polar surface area (TPSA) is 77.2 Å². The zero-order chi connectivity index (χ0) is 12.3. The van der Waals surface area contributed by atoms with Crippen molar-refractivity contribution in [3.8, 4) is 0 Å². The summed E-state index contributed by atoms with van der Waals surface area (Å²) in [6, 6.07) is 3.69. The zero-order valence-corrected chi connectivity index (χ0v) is 9.85. The highest BCUT2D eigenvalue weighted by molar-refractivity contribution is 5.91. The quantitative estimate of drug-likeness (QED) is 0.821. The lowest BCUT2D eigenvalue weighted by Crippen LogP contribution is -2.30. The van der Waals surface area contributed by atoms with Gasteiger partial charge in [-0.3, -0.25) is 9.78 Å². The minimum absolute atomic E-state index is 0.209. The molecule has 0 aromatic carbocycles. The number of primary amides is 1. The predicted octanol–water partition coefficient (Wildman–Crippen LogP) is 1.16. The number of pyridine rings is 1. The van der Waals surface area contributed by atoms with Crippen LogP contribution in [0.5, 0.6) is 0 Å². The largest absolute Gasteiger partial charge is 0.380 e. The van der Waals surface area contributed by atoms with Gasteiger partial charge >= 0.3 is 0 Å². The first-order valence-electron chi connectivity index (χ1n) is 5.81. The lowest BCUT2D eigenvalue weighted by atomic mass is 10.1. The third kappa shape index (κ3) is 2.94. The molecule has 3 N–H and O–H groups in total. The molecule has 5 heteroatoms. The highest BCUT2D eigenvalue weighted by Gasteiger charge is 2.22. The molecule has 0 spiro atoms. The summed E-state index contributed by atoms with van der Waals surface area (Å²) < 4.78 is 5.59. The van der Waals surface area contributed by atoms with Crippen LogP contribution in [0.15, 0.2) is 18.3 Å². The van der Waals surface area contributed by atoms with Gasteiger partial charge in [0.1, 0.15) is 5.69 Å². The fraction of sp³-hybridized carbons (Fsp3) is 0.500. The summed E-state index contributed by atoms with van der Waals surface area (Å²) in [4.78, 5) is 14.9. The van der Waals surface area contributed by atoms with Crippen molar-refractivity contribution in [1.82, 2.24) is 4.98 Å². The zero-order valence-electron chi connectivity index (χ0n) is 9.85. The Bertz CT molecular complexity index is 402. The van der Waals surface area contributed by atoms with Gasteiger partial charge in [0.15, 0.2) is 0 Å². The van der Waals surface area contributed by atoms with Crippen molar-refractivity contribution in [3.63, 3.8) is 0 Å². The Labute approximate surface area is 100 Å². The standard InChI is InChI=1S/C12H17N3O2/c1-8(11-3-2-6-17-11)15-9-4-5-14-10(7-9)12(13)16/h4-5,7-8,11H,2-3,6H2,1H3,(H2,13,16)(H,14,15). The van der Waals surface area contributed by atoms with Crippen molar-refractivity contribution in [3.05, 3.63) is 24.0 Å². The van der Waals surface area contributed by atoms with Gasteiger partial charge in [-0.1, -0.05) is 0 Å². The van der Waals surface area contributed by atoms with E-state index in [4.69, 9.17) is 10.5 Å². The number of aromatic nitrogens is 1. The Balaban J connectivity index is 2.02. The summed E-state index contributed by atoms with van der Waals surface area (Å²) in [7, 11) is 0. The maximum atomic E-state index is 11.0. The number of nitrogens with zero attached hydrogens (tertiary/aromatic N) is 1. The van der Waals surface area contributed by atoms with E-state index < -0.39 is 5.91 Å². The molecular weight excluding hydrogens is 218 g/mol. The van der Waals surface area contributed by atoms with E-state index in [9.17, 15) is 4.79 Å². The number of nitrogens with one attached hydrogen (secondary N) is 1. The van der Waals surface area contributed by atoms with Crippen LogP contribution in [0.3, 0.4) is 0 Å². The molecule has 2 unspecified atom stereocenters. The monoisotopic (exact) mass is 235 g/mol. The molecule has 2 rings (SSSR count). The van der Waals surface area contributed by atoms with Crippen molar-refractivity contribution in [2.45, 2.75) is 31.9 Å². The van der Waals surface area contributed by atoms with E-state index in [0.29, 0.717) is 0 Å². The van der Waals surface area contributed by atoms with E-state index in [-0.39, 0.29) is 17.8 Å². The van der Waals surface area contributed by atoms with Crippen molar-refractivity contribution in [2.75, 3.05) is 11.9 Å². The van der Waals surface area contributed by atoms with Crippen LogP contribution >= 0.6 is 0 Å². The molecule has 5 nitrogen and oxygen atoms in total. The Hall–Kier alpha value is -1.62. The minimum atomic E-state index is -0.515. The average Bonchev–Trinajstić information content (AvgIpc) is 2.82. The second-order valence-electron chi connectivity index (χ2n) is 4.28. The lowest BCUT2D eigenvalue weighted by molar-refractivity contribution is 0.0995. The number of amides is 1. The molecule has 1 aliphatic rings. The van der Waals surface area contributed by atoms with Crippen molar-refractivity contribution in [1.29, 1.82) is 0 Å². The Morgan fingerprint density at radius 2 is 2.53 bits per heavy atom. The Morgan fingerprint density at radius 3 is 3.18 bits per heavy atom. The fourth-order valence-corrected chi connectivity index (χ4v) is 2.01. The van der Waals surface area contributed by atoms with Crippen molar-refractivity contribution >= 4 is 11.6 Å². The SMILES string of the molecule is CC(Nc1ccnc(C(N)=O)c1)C1CCCO1. The number of anilines is 1. The number of hydrogen-bond donors (Lipinski definition) is 2. The number of ether oxygens (including phenoxy) is 1. The molecule has 2 atom stereocenters. The van der Waals surface area contributed by atoms with Crippen LogP contribution in [-0.4, -0.2) is 29.6 Å². The number of nitrogens with two attached hydrogens (primary N) is 1. The predicted molar refractivity (Wildman–Crippen MR) is 64.8 cm³/mol. The minimum Gasteiger partial charge on any atom is -0.380 e. The third-order valence-electron chi connectivity index (χ3n) is 2.93. The maximum absolute atomic E-state index is 11.0. The first-order chi connectivity index (χ1) is 8.16. The van der Waals surface area contributed by atoms with E-state index in [2.05, 4.69) is 17.2 Å². The van der Waals surface area contributed by atoms with Gasteiger partial charge in [0.05, 0.1) is 6.10 Å². The molecule has 1 aromatic rings. The molecule has 17 heavy (non-hydrogen) atoms. The third-order valence-corrected chi connectivity index (χ3v) is 2.93. The number of hydrogen-bond acceptors (Lipinski definition) is 4. The van der Waals surface area contributed by atoms with E-state index in [1.807, 2.05) is 6.07 Å². The first-order valence-corrected chi connectivity index (χ1v) is 5.81. The summed E-state index contributed by atoms with van der Waals surface area (Å²) in [5.74, 6) is -0.515. The molecule has 0 bridgehead atoms. The van der Waals surface area contributed by atoms with Gasteiger partial charge in [-0.15, -0.1) is 0 Å². The Morgan fingerprint density at radius 1 is 1.71 bits per heavy atom. The fourth-order valence-electron chi connectivity index (χ4n) is 2.01. The van der Waals surface area contributed by atoms with Gasteiger partial charge < -0.3 is 15.8 Å². The van der Waals surface area contributed by atoms with Crippen molar-refractivity contribution < 1.29 is 9.53 Å². The maximum Gasteiger partial charge on any atom is 0.267 e. The van der Waals surface area contributed by atoms with E-state index in [1.54, 1.807) is 12.3 Å². The number of rotatable bonds is 4. The molecule has 1 fully saturated rings. The van der Waals surface area contributed by atoms with E-state index in [0.717, 1.165) is 25.1 Å². The summed E-state index contributed by atoms with van der Waals surface area (Å²) in [5, 5.41) is 3.31. The smallest absolute Gasteiger partial charge is 0.267 e. The molecule has 2 heterocycles. The first kappa shape index (κ1) is 11.9. The van der Waals surface area contributed by atoms with Crippen LogP contribution in [0, 0.1) is 0 Å². The van der Waals surface area contributed by atoms with Gasteiger partial charge in [-0.25, -0.2) is 0 Å². The second-order valence-corrected chi connectivity index (χ2v) is 4.28. The molecule has 0 aliphatic carbocycles. The van der Waals surface area contributed by atoms with Crippen LogP contribution in [-0.2, 0) is 4.74 Å². The van der Waals surface area contributed by atoms with E-state index >= 15 is 0 Å². The normalized spacial score (nSPS) is 21.1. The van der Waals surface area contributed by atoms with Gasteiger partial charge in [0, 0.05) is 24.5 Å².